The Morgan fingerprint density at radius 2 is 1.50 bits per heavy atom. The largest absolute Gasteiger partial charge is 0.321 e. The fourth-order valence-corrected chi connectivity index (χ4v) is 4.37. The van der Waals surface area contributed by atoms with E-state index >= 15 is 0 Å². The summed E-state index contributed by atoms with van der Waals surface area (Å²) in [5.74, 6) is 0.370. The summed E-state index contributed by atoms with van der Waals surface area (Å²) < 4.78 is 0. The molecule has 144 valence electrons. The van der Waals surface area contributed by atoms with E-state index in [0.29, 0.717) is 5.92 Å². The molecule has 4 nitrogen and oxygen atoms in total. The van der Waals surface area contributed by atoms with Crippen LogP contribution in [-0.4, -0.2) is 61.1 Å². The zero-order valence-electron chi connectivity index (χ0n) is 16.2. The molecule has 0 spiro atoms. The number of allylic oxidation sites excluding steroid dienone is 6. The summed E-state index contributed by atoms with van der Waals surface area (Å²) in [6, 6.07) is 0.331. The third kappa shape index (κ3) is 4.16. The van der Waals surface area contributed by atoms with Crippen LogP contribution < -0.4 is 0 Å². The van der Waals surface area contributed by atoms with Gasteiger partial charge in [-0.15, -0.1) is 0 Å². The van der Waals surface area contributed by atoms with Gasteiger partial charge in [0.1, 0.15) is 0 Å². The van der Waals surface area contributed by atoms with Crippen molar-refractivity contribution in [3.63, 3.8) is 0 Å². The van der Waals surface area contributed by atoms with Crippen LogP contribution in [0.1, 0.15) is 25.7 Å². The standard InChI is InChI=1S/C16H25N3O.C5H5.Co/c1-17(2)15-13-9-11-7-5-6-8-12(11)10-14(13)18(3)16(20)19(15)4;1-2-4-5-3-1;/h9-10,13-15H,5-8H2,1-4H3;1-5H;/t13-,14+,15?;;/m1../s1. The maximum absolute atomic E-state index is 12.4. The third-order valence-electron chi connectivity index (χ3n) is 5.59. The molecular formula is C21H30CoN3O. The van der Waals surface area contributed by atoms with Crippen LogP contribution in [0.3, 0.4) is 0 Å². The van der Waals surface area contributed by atoms with E-state index in [4.69, 9.17) is 0 Å². The molecule has 0 N–H and O–H groups in total. The Bertz CT molecular complexity index is 625. The maximum atomic E-state index is 12.4. The molecule has 1 aliphatic heterocycles. The Morgan fingerprint density at radius 1 is 0.923 bits per heavy atom. The summed E-state index contributed by atoms with van der Waals surface area (Å²) in [5, 5.41) is 0. The first-order valence-electron chi connectivity index (χ1n) is 9.25. The van der Waals surface area contributed by atoms with Crippen molar-refractivity contribution >= 4 is 6.03 Å². The molecule has 3 atom stereocenters. The monoisotopic (exact) mass is 399 g/mol. The van der Waals surface area contributed by atoms with Gasteiger partial charge in [-0.1, -0.05) is 36.5 Å². The summed E-state index contributed by atoms with van der Waals surface area (Å²) in [7, 11) is 7.98. The first kappa shape index (κ1) is 21.0. The number of likely N-dealkylation sites (N-methyl/N-ethyl adjacent to an activating group) is 1. The summed E-state index contributed by atoms with van der Waals surface area (Å²) >= 11 is 0. The number of nitrogens with zero attached hydrogens (tertiary/aromatic N) is 3. The van der Waals surface area contributed by atoms with Crippen molar-refractivity contribution in [2.75, 3.05) is 28.2 Å². The minimum absolute atomic E-state index is 0. The Labute approximate surface area is 168 Å². The summed E-state index contributed by atoms with van der Waals surface area (Å²) in [6.07, 6.45) is 19.9. The SMILES string of the molecule is CN(C)C1[C@@H]2C=C3CCCCC3=C[C@@H]2N(C)C(=O)N1C.[CH]1C=CC=C1.[Co]. The van der Waals surface area contributed by atoms with Crippen LogP contribution in [0.15, 0.2) is 47.6 Å². The number of urea groups is 1. The van der Waals surface area contributed by atoms with Crippen molar-refractivity contribution in [3.8, 4) is 0 Å². The zero-order chi connectivity index (χ0) is 18.0. The smallest absolute Gasteiger partial charge is 0.320 e. The van der Waals surface area contributed by atoms with E-state index in [9.17, 15) is 4.79 Å². The number of amides is 2. The van der Waals surface area contributed by atoms with Crippen molar-refractivity contribution < 1.29 is 21.6 Å². The first-order chi connectivity index (χ1) is 12.0. The van der Waals surface area contributed by atoms with E-state index in [0.717, 1.165) is 0 Å². The van der Waals surface area contributed by atoms with Crippen LogP contribution in [0.25, 0.3) is 0 Å². The van der Waals surface area contributed by atoms with Gasteiger partial charge in [0.25, 0.3) is 0 Å². The maximum Gasteiger partial charge on any atom is 0.321 e. The van der Waals surface area contributed by atoms with E-state index in [-0.39, 0.29) is 35.0 Å². The molecule has 2 amide bonds. The van der Waals surface area contributed by atoms with Gasteiger partial charge in [-0.05, 0) is 50.9 Å². The van der Waals surface area contributed by atoms with E-state index < -0.39 is 0 Å². The van der Waals surface area contributed by atoms with Gasteiger partial charge in [0.15, 0.2) is 0 Å². The zero-order valence-corrected chi connectivity index (χ0v) is 17.2. The van der Waals surface area contributed by atoms with Crippen molar-refractivity contribution in [2.45, 2.75) is 37.9 Å². The van der Waals surface area contributed by atoms with E-state index in [2.05, 4.69) is 31.1 Å². The third-order valence-corrected chi connectivity index (χ3v) is 5.59. The van der Waals surface area contributed by atoms with Gasteiger partial charge >= 0.3 is 6.03 Å². The molecule has 3 aliphatic carbocycles. The molecule has 1 saturated carbocycles. The molecule has 26 heavy (non-hydrogen) atoms. The van der Waals surface area contributed by atoms with Gasteiger partial charge in [0.05, 0.1) is 12.2 Å². The van der Waals surface area contributed by atoms with Gasteiger partial charge in [0.2, 0.25) is 0 Å². The molecule has 4 rings (SSSR count). The molecule has 4 aliphatic rings. The molecule has 2 radical (unpaired) electrons. The number of carbonyl (C=O) groups is 1. The van der Waals surface area contributed by atoms with Crippen LogP contribution in [-0.2, 0) is 16.8 Å². The topological polar surface area (TPSA) is 26.8 Å². The van der Waals surface area contributed by atoms with Crippen LogP contribution in [0.5, 0.6) is 0 Å². The van der Waals surface area contributed by atoms with Crippen LogP contribution in [0.2, 0.25) is 0 Å². The van der Waals surface area contributed by atoms with Crippen molar-refractivity contribution in [1.29, 1.82) is 0 Å². The van der Waals surface area contributed by atoms with E-state index in [1.54, 1.807) is 0 Å². The predicted octanol–water partition coefficient (Wildman–Crippen LogP) is 3.61. The van der Waals surface area contributed by atoms with Crippen LogP contribution >= 0.6 is 0 Å². The first-order valence-corrected chi connectivity index (χ1v) is 9.25. The minimum Gasteiger partial charge on any atom is -0.320 e. The molecule has 1 saturated heterocycles. The molecule has 5 heteroatoms. The van der Waals surface area contributed by atoms with Gasteiger partial charge < -0.3 is 9.80 Å². The van der Waals surface area contributed by atoms with Crippen molar-refractivity contribution in [3.05, 3.63) is 54.0 Å². The summed E-state index contributed by atoms with van der Waals surface area (Å²) in [6.45, 7) is 0. The number of fused-ring (bicyclic) bond motifs is 2. The van der Waals surface area contributed by atoms with Crippen LogP contribution in [0.4, 0.5) is 4.79 Å². The number of hydrogen-bond acceptors (Lipinski definition) is 2. The molecular weight excluding hydrogens is 369 g/mol. The second kappa shape index (κ2) is 9.06. The van der Waals surface area contributed by atoms with Gasteiger partial charge in [0, 0.05) is 43.2 Å². The van der Waals surface area contributed by atoms with E-state index in [1.807, 2.05) is 54.6 Å². The average Bonchev–Trinajstić information content (AvgIpc) is 3.18. The van der Waals surface area contributed by atoms with E-state index in [1.165, 1.54) is 36.8 Å². The summed E-state index contributed by atoms with van der Waals surface area (Å²) in [5.41, 5.74) is 3.01. The number of carbonyl (C=O) groups excluding carboxylic acids is 1. The molecule has 0 aromatic carbocycles. The van der Waals surface area contributed by atoms with Crippen molar-refractivity contribution in [1.82, 2.24) is 14.7 Å². The fourth-order valence-electron chi connectivity index (χ4n) is 4.37. The molecule has 1 heterocycles. The Hall–Kier alpha value is -1.30. The van der Waals surface area contributed by atoms with Gasteiger partial charge in [-0.2, -0.15) is 0 Å². The normalized spacial score (nSPS) is 29.3. The minimum atomic E-state index is 0. The predicted molar refractivity (Wildman–Crippen MR) is 103 cm³/mol. The molecule has 0 aromatic heterocycles. The summed E-state index contributed by atoms with van der Waals surface area (Å²) in [4.78, 5) is 18.4. The Balaban J connectivity index is 0.000000351. The second-order valence-corrected chi connectivity index (χ2v) is 7.50. The Kier molecular flexibility index (Phi) is 7.32. The molecule has 0 aromatic rings. The molecule has 0 bridgehead atoms. The average molecular weight is 399 g/mol. The number of rotatable bonds is 1. The van der Waals surface area contributed by atoms with Gasteiger partial charge in [-0.3, -0.25) is 4.90 Å². The number of hydrogen-bond donors (Lipinski definition) is 0. The molecule has 2 fully saturated rings. The second-order valence-electron chi connectivity index (χ2n) is 7.50. The van der Waals surface area contributed by atoms with Gasteiger partial charge in [-0.25, -0.2) is 4.79 Å². The quantitative estimate of drug-likeness (QED) is 0.674. The van der Waals surface area contributed by atoms with Crippen molar-refractivity contribution in [2.24, 2.45) is 5.92 Å². The fraction of sp³-hybridized carbons (Fsp3) is 0.524. The van der Waals surface area contributed by atoms with Crippen LogP contribution in [0, 0.1) is 12.3 Å². The molecule has 1 unspecified atom stereocenters. The Morgan fingerprint density at radius 3 is 2.00 bits per heavy atom.